The van der Waals surface area contributed by atoms with E-state index in [2.05, 4.69) is 6.92 Å². The van der Waals surface area contributed by atoms with Gasteiger partial charge in [-0.1, -0.05) is 59.7 Å². The lowest BCUT2D eigenvalue weighted by atomic mass is 10.0. The van der Waals surface area contributed by atoms with E-state index in [4.69, 9.17) is 0 Å². The third-order valence-electron chi connectivity index (χ3n) is 4.99. The fourth-order valence-electron chi connectivity index (χ4n) is 3.66. The van der Waals surface area contributed by atoms with Gasteiger partial charge in [0.05, 0.1) is 0 Å². The largest absolute Gasteiger partial charge is 0.274 e. The Morgan fingerprint density at radius 2 is 1.32 bits per heavy atom. The minimum absolute atomic E-state index is 0.128. The van der Waals surface area contributed by atoms with Crippen molar-refractivity contribution in [2.45, 2.75) is 52.0 Å². The lowest BCUT2D eigenvalue weighted by Crippen LogP contribution is -2.33. The summed E-state index contributed by atoms with van der Waals surface area (Å²) in [4.78, 5) is 25.8. The molecule has 4 aromatic rings. The topological polar surface area (TPSA) is 39.1 Å². The molecule has 4 rings (SSSR count). The number of pyridine rings is 1. The molecule has 3 nitrogen and oxygen atoms in total. The summed E-state index contributed by atoms with van der Waals surface area (Å²) in [6.45, 7) is 2.73. The molecule has 0 atom stereocenters. The number of aromatic nitrogens is 1. The predicted octanol–water partition coefficient (Wildman–Crippen LogP) is 5.59. The van der Waals surface area contributed by atoms with Crippen LogP contribution in [-0.4, -0.2) is 4.57 Å². The van der Waals surface area contributed by atoms with E-state index in [1.807, 2.05) is 24.3 Å². The van der Waals surface area contributed by atoms with E-state index in [0.717, 1.165) is 33.0 Å². The fraction of sp³-hybridized carbons (Fsp3) is 0.400. The van der Waals surface area contributed by atoms with Crippen molar-refractivity contribution < 1.29 is 0 Å². The average Bonchev–Trinajstić information content (AvgIpc) is 3.05. The van der Waals surface area contributed by atoms with Crippen molar-refractivity contribution in [2.24, 2.45) is 0 Å². The minimum Gasteiger partial charge on any atom is -0.274 e. The Hall–Kier alpha value is -1.72. The Bertz CT molecular complexity index is 1060. The van der Waals surface area contributed by atoms with Gasteiger partial charge in [0.2, 0.25) is 0 Å². The van der Waals surface area contributed by atoms with E-state index in [9.17, 15) is 9.59 Å². The molecule has 0 unspecified atom stereocenters. The standard InChI is InChI=1S/C20H21NO2S2/c1-2-3-4-5-6-7-12-21-19(22)13-8-10-15-18-16(25-24-15)11-9-14(17(13)18)20(21)23/h8-11H,2-7,12H2,1H3. The molecule has 0 saturated carbocycles. The average molecular weight is 372 g/mol. The maximum Gasteiger partial charge on any atom is 0.261 e. The van der Waals surface area contributed by atoms with Crippen LogP contribution in [0.2, 0.25) is 0 Å². The number of benzene rings is 2. The molecule has 0 bridgehead atoms. The zero-order valence-corrected chi connectivity index (χ0v) is 16.0. The third-order valence-corrected chi connectivity index (χ3v) is 7.44. The fourth-order valence-corrected chi connectivity index (χ4v) is 6.11. The molecule has 0 spiro atoms. The number of hydrogen-bond acceptors (Lipinski definition) is 4. The van der Waals surface area contributed by atoms with Crippen LogP contribution in [0.3, 0.4) is 0 Å². The molecule has 25 heavy (non-hydrogen) atoms. The second-order valence-electron chi connectivity index (χ2n) is 6.67. The van der Waals surface area contributed by atoms with Gasteiger partial charge in [0, 0.05) is 37.5 Å². The lowest BCUT2D eigenvalue weighted by Gasteiger charge is -2.10. The number of rotatable bonds is 7. The maximum atomic E-state index is 12.9. The molecule has 5 heteroatoms. The van der Waals surface area contributed by atoms with Gasteiger partial charge in [-0.15, -0.1) is 0 Å². The molecular weight excluding hydrogens is 350 g/mol. The molecule has 2 heterocycles. The van der Waals surface area contributed by atoms with Gasteiger partial charge in [-0.25, -0.2) is 0 Å². The Balaban J connectivity index is 1.75. The SMILES string of the molecule is CCCCCCCCn1c(=O)c2ccc3ssc4ccc(c1=O)c2c34. The highest BCUT2D eigenvalue weighted by atomic mass is 32.9. The van der Waals surface area contributed by atoms with Crippen molar-refractivity contribution in [2.75, 3.05) is 0 Å². The Morgan fingerprint density at radius 1 is 0.760 bits per heavy atom. The van der Waals surface area contributed by atoms with Crippen molar-refractivity contribution in [3.05, 3.63) is 45.0 Å². The van der Waals surface area contributed by atoms with Crippen molar-refractivity contribution in [1.82, 2.24) is 4.57 Å². The number of nitrogens with zero attached hydrogens (tertiary/aromatic N) is 1. The quantitative estimate of drug-likeness (QED) is 0.314. The van der Waals surface area contributed by atoms with Gasteiger partial charge in [0.15, 0.2) is 0 Å². The Kier molecular flexibility index (Phi) is 4.61. The van der Waals surface area contributed by atoms with Crippen LogP contribution in [0.5, 0.6) is 0 Å². The maximum absolute atomic E-state index is 12.9. The van der Waals surface area contributed by atoms with Crippen molar-refractivity contribution in [3.63, 3.8) is 0 Å². The molecule has 0 aliphatic rings. The highest BCUT2D eigenvalue weighted by Crippen LogP contribution is 2.39. The summed E-state index contributed by atoms with van der Waals surface area (Å²) >= 11 is 0. The first-order valence-corrected chi connectivity index (χ1v) is 11.2. The second kappa shape index (κ2) is 6.89. The molecule has 0 aliphatic carbocycles. The molecule has 2 aromatic heterocycles. The van der Waals surface area contributed by atoms with Gasteiger partial charge in [-0.2, -0.15) is 0 Å². The zero-order chi connectivity index (χ0) is 17.4. The predicted molar refractivity (Wildman–Crippen MR) is 110 cm³/mol. The smallest absolute Gasteiger partial charge is 0.261 e. The van der Waals surface area contributed by atoms with Crippen molar-refractivity contribution in [1.29, 1.82) is 0 Å². The molecule has 2 aromatic carbocycles. The summed E-state index contributed by atoms with van der Waals surface area (Å²) in [5, 5.41) is 3.32. The molecule has 0 radical (unpaired) electrons. The summed E-state index contributed by atoms with van der Waals surface area (Å²) in [7, 11) is 3.41. The highest BCUT2D eigenvalue weighted by molar-refractivity contribution is 7.75. The summed E-state index contributed by atoms with van der Waals surface area (Å²) < 4.78 is 3.77. The molecule has 0 saturated heterocycles. The summed E-state index contributed by atoms with van der Waals surface area (Å²) in [6, 6.07) is 7.83. The van der Waals surface area contributed by atoms with Crippen LogP contribution in [0.15, 0.2) is 33.9 Å². The summed E-state index contributed by atoms with van der Waals surface area (Å²) in [6.07, 6.45) is 6.87. The third kappa shape index (κ3) is 2.79. The molecular formula is C20H21NO2S2. The van der Waals surface area contributed by atoms with Gasteiger partial charge >= 0.3 is 0 Å². The first-order chi connectivity index (χ1) is 12.2. The first-order valence-electron chi connectivity index (χ1n) is 9.03. The molecule has 0 aliphatic heterocycles. The Morgan fingerprint density at radius 3 is 1.92 bits per heavy atom. The van der Waals surface area contributed by atoms with Crippen LogP contribution in [-0.2, 0) is 6.54 Å². The molecule has 130 valence electrons. The minimum atomic E-state index is -0.128. The van der Waals surface area contributed by atoms with Gasteiger partial charge in [-0.05, 0) is 30.7 Å². The molecule has 0 fully saturated rings. The van der Waals surface area contributed by atoms with Gasteiger partial charge in [-0.3, -0.25) is 14.2 Å². The van der Waals surface area contributed by atoms with Crippen LogP contribution in [0.4, 0.5) is 0 Å². The van der Waals surface area contributed by atoms with Crippen LogP contribution >= 0.6 is 20.7 Å². The summed E-state index contributed by atoms with van der Waals surface area (Å²) in [5.74, 6) is 0. The van der Waals surface area contributed by atoms with Crippen LogP contribution in [0.1, 0.15) is 45.4 Å². The van der Waals surface area contributed by atoms with Crippen molar-refractivity contribution >= 4 is 51.6 Å². The van der Waals surface area contributed by atoms with Crippen LogP contribution in [0, 0.1) is 0 Å². The lowest BCUT2D eigenvalue weighted by molar-refractivity contribution is 0.545. The molecule has 0 N–H and O–H groups in total. The van der Waals surface area contributed by atoms with Crippen LogP contribution < -0.4 is 11.1 Å². The molecule has 0 amide bonds. The Labute approximate surface area is 153 Å². The van der Waals surface area contributed by atoms with Crippen LogP contribution in [0.25, 0.3) is 30.9 Å². The van der Waals surface area contributed by atoms with E-state index in [-0.39, 0.29) is 11.1 Å². The number of hydrogen-bond donors (Lipinski definition) is 0. The zero-order valence-electron chi connectivity index (χ0n) is 14.3. The second-order valence-corrected chi connectivity index (χ2v) is 8.88. The van der Waals surface area contributed by atoms with E-state index < -0.39 is 0 Å². The van der Waals surface area contributed by atoms with Gasteiger partial charge < -0.3 is 0 Å². The van der Waals surface area contributed by atoms with E-state index >= 15 is 0 Å². The monoisotopic (exact) mass is 371 g/mol. The normalized spacial score (nSPS) is 12.0. The van der Waals surface area contributed by atoms with Gasteiger partial charge in [0.1, 0.15) is 0 Å². The number of unbranched alkanes of at least 4 members (excludes halogenated alkanes) is 5. The summed E-state index contributed by atoms with van der Waals surface area (Å²) in [5.41, 5.74) is -0.256. The van der Waals surface area contributed by atoms with E-state index in [1.165, 1.54) is 30.3 Å². The van der Waals surface area contributed by atoms with E-state index in [1.54, 1.807) is 20.7 Å². The highest BCUT2D eigenvalue weighted by Gasteiger charge is 2.17. The van der Waals surface area contributed by atoms with Gasteiger partial charge in [0.25, 0.3) is 11.1 Å². The van der Waals surface area contributed by atoms with Crippen molar-refractivity contribution in [3.8, 4) is 0 Å². The van der Waals surface area contributed by atoms with E-state index in [0.29, 0.717) is 17.3 Å². The first kappa shape index (κ1) is 16.7.